The molecule has 4 nitrogen and oxygen atoms in total. The van der Waals surface area contributed by atoms with Crippen molar-refractivity contribution < 1.29 is 9.53 Å². The number of nitrogens with one attached hydrogen (secondary N) is 1. The summed E-state index contributed by atoms with van der Waals surface area (Å²) >= 11 is 3.47. The van der Waals surface area contributed by atoms with Crippen molar-refractivity contribution in [2.45, 2.75) is 44.2 Å². The second kappa shape index (κ2) is 7.47. The zero-order valence-electron chi connectivity index (χ0n) is 12.8. The number of rotatable bonds is 5. The van der Waals surface area contributed by atoms with Gasteiger partial charge in [0.25, 0.3) is 0 Å². The van der Waals surface area contributed by atoms with Gasteiger partial charge in [-0.25, -0.2) is 0 Å². The van der Waals surface area contributed by atoms with Crippen LogP contribution in [-0.2, 0) is 4.79 Å². The van der Waals surface area contributed by atoms with Gasteiger partial charge in [-0.05, 0) is 60.3 Å². The number of nitrogens with zero attached hydrogens (tertiary/aromatic N) is 1. The number of hydrogen-bond donors (Lipinski definition) is 1. The number of carbonyl (C=O) groups is 1. The Morgan fingerprint density at radius 1 is 1.27 bits per heavy atom. The predicted molar refractivity (Wildman–Crippen MR) is 90.0 cm³/mol. The molecule has 0 aromatic heterocycles. The van der Waals surface area contributed by atoms with E-state index >= 15 is 0 Å². The number of ether oxygens (including phenoxy) is 1. The molecule has 1 aromatic rings. The Kier molecular flexibility index (Phi) is 5.37. The lowest BCUT2D eigenvalue weighted by Gasteiger charge is -2.28. The zero-order valence-corrected chi connectivity index (χ0v) is 14.3. The molecular formula is C17H23BrN2O2. The fourth-order valence-corrected chi connectivity index (χ4v) is 3.89. The van der Waals surface area contributed by atoms with Crippen LogP contribution >= 0.6 is 15.9 Å². The number of carbonyl (C=O) groups excluding carboxylic acids is 1. The Morgan fingerprint density at radius 3 is 2.95 bits per heavy atom. The van der Waals surface area contributed by atoms with Crippen molar-refractivity contribution in [1.29, 1.82) is 0 Å². The summed E-state index contributed by atoms with van der Waals surface area (Å²) in [6, 6.07) is 8.67. The van der Waals surface area contributed by atoms with Crippen LogP contribution < -0.4 is 10.1 Å². The summed E-state index contributed by atoms with van der Waals surface area (Å²) in [5.41, 5.74) is 0. The molecule has 2 heterocycles. The molecule has 2 aliphatic rings. The maximum atomic E-state index is 12.5. The molecule has 0 aliphatic carbocycles. The first-order valence-electron chi connectivity index (χ1n) is 8.15. The highest BCUT2D eigenvalue weighted by Gasteiger charge is 2.37. The van der Waals surface area contributed by atoms with Crippen molar-refractivity contribution in [2.24, 2.45) is 0 Å². The fraction of sp³-hybridized carbons (Fsp3) is 0.588. The molecule has 5 heteroatoms. The van der Waals surface area contributed by atoms with Crippen LogP contribution in [-0.4, -0.2) is 42.6 Å². The predicted octanol–water partition coefficient (Wildman–Crippen LogP) is 2.96. The second-order valence-corrected chi connectivity index (χ2v) is 6.92. The molecule has 2 atom stereocenters. The van der Waals surface area contributed by atoms with Gasteiger partial charge in [0.2, 0.25) is 5.91 Å². The third-order valence-corrected chi connectivity index (χ3v) is 5.23. The Bertz CT molecular complexity index is 509. The van der Waals surface area contributed by atoms with Crippen LogP contribution in [0.15, 0.2) is 28.7 Å². The van der Waals surface area contributed by atoms with Crippen molar-refractivity contribution in [3.05, 3.63) is 28.7 Å². The molecule has 2 bridgehead atoms. The monoisotopic (exact) mass is 366 g/mol. The van der Waals surface area contributed by atoms with Gasteiger partial charge in [0.1, 0.15) is 5.75 Å². The standard InChI is InChI=1S/C17H23BrN2O2/c18-15-4-1-2-5-16(15)22-11-3-6-17(21)20-13-7-8-14(20)12-19-10-9-13/h1-2,4-5,13-14,19H,3,6-12H2. The van der Waals surface area contributed by atoms with Gasteiger partial charge in [-0.2, -0.15) is 0 Å². The molecule has 1 amide bonds. The van der Waals surface area contributed by atoms with E-state index in [0.29, 0.717) is 31.0 Å². The van der Waals surface area contributed by atoms with Gasteiger partial charge in [0.15, 0.2) is 0 Å². The second-order valence-electron chi connectivity index (χ2n) is 6.06. The molecular weight excluding hydrogens is 344 g/mol. The van der Waals surface area contributed by atoms with Gasteiger partial charge in [0.05, 0.1) is 11.1 Å². The normalized spacial score (nSPS) is 24.1. The van der Waals surface area contributed by atoms with Gasteiger partial charge in [0, 0.05) is 25.0 Å². The van der Waals surface area contributed by atoms with Gasteiger partial charge in [-0.1, -0.05) is 12.1 Å². The van der Waals surface area contributed by atoms with Crippen LogP contribution in [0.25, 0.3) is 0 Å². The van der Waals surface area contributed by atoms with Crippen molar-refractivity contribution in [3.63, 3.8) is 0 Å². The van der Waals surface area contributed by atoms with Gasteiger partial charge in [-0.3, -0.25) is 4.79 Å². The summed E-state index contributed by atoms with van der Waals surface area (Å²) in [7, 11) is 0. The highest BCUT2D eigenvalue weighted by Crippen LogP contribution is 2.29. The topological polar surface area (TPSA) is 41.6 Å². The molecule has 0 radical (unpaired) electrons. The van der Waals surface area contributed by atoms with Crippen molar-refractivity contribution in [1.82, 2.24) is 10.2 Å². The summed E-state index contributed by atoms with van der Waals surface area (Å²) in [6.07, 6.45) is 4.76. The molecule has 120 valence electrons. The van der Waals surface area contributed by atoms with Gasteiger partial charge >= 0.3 is 0 Å². The zero-order chi connectivity index (χ0) is 15.4. The average molecular weight is 367 g/mol. The highest BCUT2D eigenvalue weighted by atomic mass is 79.9. The summed E-state index contributed by atoms with van der Waals surface area (Å²) in [5.74, 6) is 1.14. The van der Waals surface area contributed by atoms with E-state index in [4.69, 9.17) is 4.74 Å². The van der Waals surface area contributed by atoms with Gasteiger partial charge < -0.3 is 15.0 Å². The number of fused-ring (bicyclic) bond motifs is 2. The molecule has 2 unspecified atom stereocenters. The average Bonchev–Trinajstić information content (AvgIpc) is 2.78. The van der Waals surface area contributed by atoms with E-state index < -0.39 is 0 Å². The lowest BCUT2D eigenvalue weighted by atomic mass is 10.1. The third kappa shape index (κ3) is 3.63. The van der Waals surface area contributed by atoms with E-state index in [2.05, 4.69) is 26.1 Å². The Balaban J connectivity index is 1.45. The number of benzene rings is 1. The smallest absolute Gasteiger partial charge is 0.223 e. The quantitative estimate of drug-likeness (QED) is 0.814. The first kappa shape index (κ1) is 15.8. The SMILES string of the molecule is O=C(CCCOc1ccccc1Br)N1C2CCNCC1CC2. The fourth-order valence-electron chi connectivity index (χ4n) is 3.49. The third-order valence-electron chi connectivity index (χ3n) is 4.57. The van der Waals surface area contributed by atoms with Crippen molar-refractivity contribution in [2.75, 3.05) is 19.7 Å². The van der Waals surface area contributed by atoms with Crippen LogP contribution in [0.2, 0.25) is 0 Å². The number of amides is 1. The molecule has 2 aliphatic heterocycles. The van der Waals surface area contributed by atoms with Crippen LogP contribution in [0.5, 0.6) is 5.75 Å². The minimum Gasteiger partial charge on any atom is -0.492 e. The first-order chi connectivity index (χ1) is 10.8. The Hall–Kier alpha value is -1.07. The van der Waals surface area contributed by atoms with Crippen LogP contribution in [0.3, 0.4) is 0 Å². The van der Waals surface area contributed by atoms with Crippen molar-refractivity contribution in [3.8, 4) is 5.75 Å². The van der Waals surface area contributed by atoms with E-state index in [1.165, 1.54) is 6.42 Å². The van der Waals surface area contributed by atoms with Crippen LogP contribution in [0, 0.1) is 0 Å². The molecule has 2 saturated heterocycles. The molecule has 0 saturated carbocycles. The number of halogens is 1. The lowest BCUT2D eigenvalue weighted by molar-refractivity contribution is -0.134. The summed E-state index contributed by atoms with van der Waals surface area (Å²) in [4.78, 5) is 14.7. The van der Waals surface area contributed by atoms with Gasteiger partial charge in [-0.15, -0.1) is 0 Å². The summed E-state index contributed by atoms with van der Waals surface area (Å²) in [6.45, 7) is 2.57. The van der Waals surface area contributed by atoms with E-state index in [-0.39, 0.29) is 0 Å². The largest absolute Gasteiger partial charge is 0.492 e. The Labute approximate surface area is 140 Å². The van der Waals surface area contributed by atoms with E-state index in [9.17, 15) is 4.79 Å². The lowest BCUT2D eigenvalue weighted by Crippen LogP contribution is -2.42. The van der Waals surface area contributed by atoms with Crippen molar-refractivity contribution >= 4 is 21.8 Å². The van der Waals surface area contributed by atoms with E-state index in [0.717, 1.165) is 42.6 Å². The highest BCUT2D eigenvalue weighted by molar-refractivity contribution is 9.10. The first-order valence-corrected chi connectivity index (χ1v) is 8.94. The van der Waals surface area contributed by atoms with Crippen LogP contribution in [0.1, 0.15) is 32.1 Å². The number of para-hydroxylation sites is 1. The van der Waals surface area contributed by atoms with E-state index in [1.807, 2.05) is 24.3 Å². The molecule has 0 spiro atoms. The number of hydrogen-bond acceptors (Lipinski definition) is 3. The molecule has 2 fully saturated rings. The molecule has 1 N–H and O–H groups in total. The molecule has 3 rings (SSSR count). The maximum Gasteiger partial charge on any atom is 0.223 e. The van der Waals surface area contributed by atoms with Crippen LogP contribution in [0.4, 0.5) is 0 Å². The minimum absolute atomic E-state index is 0.298. The minimum atomic E-state index is 0.298. The Morgan fingerprint density at radius 2 is 2.09 bits per heavy atom. The summed E-state index contributed by atoms with van der Waals surface area (Å²) in [5, 5.41) is 3.43. The van der Waals surface area contributed by atoms with E-state index in [1.54, 1.807) is 0 Å². The maximum absolute atomic E-state index is 12.5. The molecule has 1 aromatic carbocycles. The summed E-state index contributed by atoms with van der Waals surface area (Å²) < 4.78 is 6.69. The molecule has 22 heavy (non-hydrogen) atoms.